The molecule has 3 N–H and O–H groups in total. The van der Waals surface area contributed by atoms with Gasteiger partial charge >= 0.3 is 5.69 Å². The zero-order valence-electron chi connectivity index (χ0n) is 10.8. The normalized spacial score (nSPS) is 11.8. The number of thiophene rings is 2. The molecule has 0 amide bonds. The minimum atomic E-state index is -3.80. The molecule has 2 aromatic heterocycles. The highest BCUT2D eigenvalue weighted by Gasteiger charge is 2.29. The first-order valence-electron chi connectivity index (χ1n) is 5.60. The molecule has 0 aromatic carbocycles. The van der Waals surface area contributed by atoms with Crippen LogP contribution in [0.25, 0.3) is 0 Å². The van der Waals surface area contributed by atoms with Gasteiger partial charge < -0.3 is 5.43 Å². The van der Waals surface area contributed by atoms with Crippen molar-refractivity contribution in [2.24, 2.45) is 5.84 Å². The fraction of sp³-hybridized carbons (Fsp3) is 0.200. The molecule has 21 heavy (non-hydrogen) atoms. The third-order valence-corrected chi connectivity index (χ3v) is 6.81. The van der Waals surface area contributed by atoms with Crippen molar-refractivity contribution in [3.63, 3.8) is 0 Å². The van der Waals surface area contributed by atoms with Gasteiger partial charge in [-0.3, -0.25) is 10.1 Å². The van der Waals surface area contributed by atoms with E-state index in [1.807, 2.05) is 17.5 Å². The molecule has 0 saturated carbocycles. The van der Waals surface area contributed by atoms with Gasteiger partial charge in [0.2, 0.25) is 0 Å². The van der Waals surface area contributed by atoms with Crippen LogP contribution < -0.4 is 11.3 Å². The van der Waals surface area contributed by atoms with Gasteiger partial charge in [0.1, 0.15) is 4.21 Å². The van der Waals surface area contributed by atoms with Crippen LogP contribution in [0.15, 0.2) is 27.8 Å². The quantitative estimate of drug-likeness (QED) is 0.467. The highest BCUT2D eigenvalue weighted by molar-refractivity contribution is 7.91. The molecular formula is C10H12N4O4S3. The van der Waals surface area contributed by atoms with Gasteiger partial charge in [-0.25, -0.2) is 14.3 Å². The number of nitrogens with two attached hydrogens (primary N) is 1. The van der Waals surface area contributed by atoms with Gasteiger partial charge in [-0.15, -0.1) is 11.3 Å². The number of hydrogen-bond acceptors (Lipinski definition) is 8. The van der Waals surface area contributed by atoms with E-state index in [4.69, 9.17) is 5.84 Å². The molecule has 0 aliphatic rings. The average Bonchev–Trinajstić information content (AvgIpc) is 3.06. The second kappa shape index (κ2) is 6.07. The standard InChI is InChI=1S/C10H12N4O4S3/c1-13(6-7-3-2-4-19-7)21(17,18)9-5-8(14(15)16)10(12-11)20-9/h2-5,12H,6,11H2,1H3. The molecule has 0 aliphatic carbocycles. The van der Waals surface area contributed by atoms with E-state index in [1.54, 1.807) is 0 Å². The van der Waals surface area contributed by atoms with Crippen molar-refractivity contribution in [1.82, 2.24) is 4.31 Å². The zero-order chi connectivity index (χ0) is 15.6. The van der Waals surface area contributed by atoms with Gasteiger partial charge in [0.15, 0.2) is 5.00 Å². The number of nitrogen functional groups attached to an aromatic ring is 1. The molecule has 0 bridgehead atoms. The summed E-state index contributed by atoms with van der Waals surface area (Å²) in [7, 11) is -2.38. The first kappa shape index (κ1) is 15.9. The number of hydrogen-bond donors (Lipinski definition) is 2. The zero-order valence-corrected chi connectivity index (χ0v) is 13.3. The molecule has 0 fully saturated rings. The highest BCUT2D eigenvalue weighted by Crippen LogP contribution is 2.37. The smallest absolute Gasteiger partial charge is 0.306 e. The summed E-state index contributed by atoms with van der Waals surface area (Å²) in [6.07, 6.45) is 0. The first-order chi connectivity index (χ1) is 9.86. The van der Waals surface area contributed by atoms with E-state index < -0.39 is 14.9 Å². The Balaban J connectivity index is 2.33. The van der Waals surface area contributed by atoms with E-state index in [1.165, 1.54) is 18.4 Å². The summed E-state index contributed by atoms with van der Waals surface area (Å²) >= 11 is 2.17. The molecule has 8 nitrogen and oxygen atoms in total. The third-order valence-electron chi connectivity index (χ3n) is 2.64. The van der Waals surface area contributed by atoms with Gasteiger partial charge in [-0.05, 0) is 11.4 Å². The van der Waals surface area contributed by atoms with Crippen molar-refractivity contribution in [2.45, 2.75) is 10.8 Å². The van der Waals surface area contributed by atoms with Gasteiger partial charge in [0.25, 0.3) is 10.0 Å². The molecule has 2 rings (SSSR count). The minimum Gasteiger partial charge on any atom is -0.310 e. The Morgan fingerprint density at radius 2 is 2.24 bits per heavy atom. The van der Waals surface area contributed by atoms with Gasteiger partial charge in [0, 0.05) is 24.5 Å². The van der Waals surface area contributed by atoms with Crippen LogP contribution in [0.2, 0.25) is 0 Å². The van der Waals surface area contributed by atoms with Gasteiger partial charge in [0.05, 0.1) is 4.92 Å². The molecule has 2 heterocycles. The maximum Gasteiger partial charge on any atom is 0.306 e. The first-order valence-corrected chi connectivity index (χ1v) is 8.73. The van der Waals surface area contributed by atoms with Crippen LogP contribution in [0.4, 0.5) is 10.7 Å². The van der Waals surface area contributed by atoms with E-state index in [0.29, 0.717) is 0 Å². The lowest BCUT2D eigenvalue weighted by atomic mass is 10.5. The van der Waals surface area contributed by atoms with Crippen molar-refractivity contribution >= 4 is 43.4 Å². The number of sulfonamides is 1. The lowest BCUT2D eigenvalue weighted by Gasteiger charge is -2.14. The maximum absolute atomic E-state index is 12.4. The molecule has 0 aliphatic heterocycles. The fourth-order valence-electron chi connectivity index (χ4n) is 1.59. The SMILES string of the molecule is CN(Cc1cccs1)S(=O)(=O)c1cc([N+](=O)[O-])c(NN)s1. The van der Waals surface area contributed by atoms with E-state index >= 15 is 0 Å². The highest BCUT2D eigenvalue weighted by atomic mass is 32.2. The van der Waals surface area contributed by atoms with E-state index in [-0.39, 0.29) is 21.4 Å². The van der Waals surface area contributed by atoms with Crippen LogP contribution in [-0.4, -0.2) is 24.7 Å². The second-order valence-electron chi connectivity index (χ2n) is 4.02. The summed E-state index contributed by atoms with van der Waals surface area (Å²) < 4.78 is 25.8. The Labute approximate surface area is 129 Å². The summed E-state index contributed by atoms with van der Waals surface area (Å²) in [5, 5.41) is 12.7. The number of nitrogens with zero attached hydrogens (tertiary/aromatic N) is 2. The molecule has 0 atom stereocenters. The van der Waals surface area contributed by atoms with Gasteiger partial charge in [-0.1, -0.05) is 17.4 Å². The Morgan fingerprint density at radius 1 is 1.52 bits per heavy atom. The monoisotopic (exact) mass is 348 g/mol. The largest absolute Gasteiger partial charge is 0.310 e. The fourth-order valence-corrected chi connectivity index (χ4v) is 5.02. The second-order valence-corrected chi connectivity index (χ2v) is 8.38. The summed E-state index contributed by atoms with van der Waals surface area (Å²) in [5.41, 5.74) is 1.79. The van der Waals surface area contributed by atoms with Crippen molar-refractivity contribution in [2.75, 3.05) is 12.5 Å². The predicted molar refractivity (Wildman–Crippen MR) is 81.8 cm³/mol. The number of hydrazine groups is 1. The van der Waals surface area contributed by atoms with Crippen LogP contribution in [0.5, 0.6) is 0 Å². The van der Waals surface area contributed by atoms with Crippen LogP contribution >= 0.6 is 22.7 Å². The molecule has 0 saturated heterocycles. The van der Waals surface area contributed by atoms with Crippen molar-refractivity contribution < 1.29 is 13.3 Å². The number of rotatable bonds is 6. The summed E-state index contributed by atoms with van der Waals surface area (Å²) in [6.45, 7) is 0.205. The number of nitro groups is 1. The molecule has 0 radical (unpaired) electrons. The van der Waals surface area contributed by atoms with Crippen molar-refractivity contribution in [1.29, 1.82) is 0 Å². The Bertz CT molecular complexity index is 738. The topological polar surface area (TPSA) is 119 Å². The molecule has 0 unspecified atom stereocenters. The van der Waals surface area contributed by atoms with Crippen molar-refractivity contribution in [3.8, 4) is 0 Å². The van der Waals surface area contributed by atoms with Gasteiger partial charge in [-0.2, -0.15) is 4.31 Å². The lowest BCUT2D eigenvalue weighted by Crippen LogP contribution is -2.25. The van der Waals surface area contributed by atoms with Crippen molar-refractivity contribution in [3.05, 3.63) is 38.6 Å². The Morgan fingerprint density at radius 3 is 2.71 bits per heavy atom. The van der Waals surface area contributed by atoms with E-state index in [2.05, 4.69) is 5.43 Å². The Kier molecular flexibility index (Phi) is 4.58. The molecule has 0 spiro atoms. The van der Waals surface area contributed by atoms with Crippen LogP contribution in [0.3, 0.4) is 0 Å². The van der Waals surface area contributed by atoms with Crippen LogP contribution in [0, 0.1) is 10.1 Å². The maximum atomic E-state index is 12.4. The van der Waals surface area contributed by atoms with E-state index in [0.717, 1.165) is 26.6 Å². The molecule has 114 valence electrons. The average molecular weight is 348 g/mol. The summed E-state index contributed by atoms with van der Waals surface area (Å²) in [4.78, 5) is 11.1. The van der Waals surface area contributed by atoms with E-state index in [9.17, 15) is 18.5 Å². The lowest BCUT2D eigenvalue weighted by molar-refractivity contribution is -0.383. The van der Waals surface area contributed by atoms with Crippen LogP contribution in [0.1, 0.15) is 4.88 Å². The Hall–Kier alpha value is -1.53. The van der Waals surface area contributed by atoms with Crippen LogP contribution in [-0.2, 0) is 16.6 Å². The number of anilines is 1. The third kappa shape index (κ3) is 3.22. The molecule has 2 aromatic rings. The summed E-state index contributed by atoms with van der Waals surface area (Å²) in [5.74, 6) is 5.18. The molecular weight excluding hydrogens is 336 g/mol. The molecule has 11 heteroatoms. The number of nitrogens with one attached hydrogen (secondary N) is 1. The summed E-state index contributed by atoms with van der Waals surface area (Å²) in [6, 6.07) is 4.66. The minimum absolute atomic E-state index is 0.00287. The predicted octanol–water partition coefficient (Wildman–Crippen LogP) is 1.82.